The second-order valence-electron chi connectivity index (χ2n) is 7.33. The minimum absolute atomic E-state index is 0.119. The number of ether oxygens (including phenoxy) is 1. The van der Waals surface area contributed by atoms with Crippen molar-refractivity contribution in [1.29, 1.82) is 0 Å². The van der Waals surface area contributed by atoms with Gasteiger partial charge in [-0.15, -0.1) is 0 Å². The lowest BCUT2D eigenvalue weighted by molar-refractivity contribution is 0.0374. The molecule has 3 N–H and O–H groups in total. The van der Waals surface area contributed by atoms with Gasteiger partial charge in [0.1, 0.15) is 5.65 Å². The van der Waals surface area contributed by atoms with Gasteiger partial charge >= 0.3 is 6.03 Å². The highest BCUT2D eigenvalue weighted by molar-refractivity contribution is 6.00. The van der Waals surface area contributed by atoms with E-state index in [4.69, 9.17) is 4.74 Å². The fourth-order valence-electron chi connectivity index (χ4n) is 3.42. The average molecular weight is 422 g/mol. The number of carbonyl (C=O) groups is 2. The van der Waals surface area contributed by atoms with E-state index in [9.17, 15) is 9.59 Å². The Morgan fingerprint density at radius 2 is 1.74 bits per heavy atom. The summed E-state index contributed by atoms with van der Waals surface area (Å²) < 4.78 is 7.16. The first-order chi connectivity index (χ1) is 15.2. The molecule has 0 unspecified atom stereocenters. The fraction of sp³-hybridized carbons (Fsp3) is 0.318. The molecule has 1 aromatic carbocycles. The van der Waals surface area contributed by atoms with Crippen LogP contribution < -0.4 is 16.0 Å². The number of pyridine rings is 1. The number of morpholine rings is 1. The third-order valence-electron chi connectivity index (χ3n) is 5.09. The lowest BCUT2D eigenvalue weighted by Crippen LogP contribution is -2.38. The zero-order chi connectivity index (χ0) is 21.5. The van der Waals surface area contributed by atoms with Gasteiger partial charge in [-0.25, -0.2) is 9.78 Å². The molecule has 0 spiro atoms. The Balaban J connectivity index is 1.21. The van der Waals surface area contributed by atoms with Crippen LogP contribution in [0.1, 0.15) is 16.8 Å². The molecule has 3 heterocycles. The van der Waals surface area contributed by atoms with E-state index < -0.39 is 0 Å². The molecule has 0 aliphatic carbocycles. The van der Waals surface area contributed by atoms with E-state index in [0.717, 1.165) is 44.9 Å². The molecule has 0 radical (unpaired) electrons. The van der Waals surface area contributed by atoms with Gasteiger partial charge in [0.05, 0.1) is 18.9 Å². The molecule has 4 rings (SSSR count). The van der Waals surface area contributed by atoms with Gasteiger partial charge in [-0.2, -0.15) is 0 Å². The number of fused-ring (bicyclic) bond motifs is 1. The van der Waals surface area contributed by atoms with Crippen LogP contribution in [0.25, 0.3) is 5.65 Å². The molecule has 1 aliphatic rings. The quantitative estimate of drug-likeness (QED) is 0.508. The summed E-state index contributed by atoms with van der Waals surface area (Å²) in [5.41, 5.74) is 2.62. The molecule has 9 nitrogen and oxygen atoms in total. The van der Waals surface area contributed by atoms with Crippen molar-refractivity contribution in [1.82, 2.24) is 19.6 Å². The summed E-state index contributed by atoms with van der Waals surface area (Å²) in [5, 5.41) is 8.49. The van der Waals surface area contributed by atoms with Crippen molar-refractivity contribution in [2.45, 2.75) is 6.42 Å². The topological polar surface area (TPSA) is 100 Å². The third kappa shape index (κ3) is 5.80. The van der Waals surface area contributed by atoms with Gasteiger partial charge in [-0.1, -0.05) is 0 Å². The van der Waals surface area contributed by atoms with Crippen molar-refractivity contribution in [3.05, 3.63) is 60.6 Å². The van der Waals surface area contributed by atoms with Gasteiger partial charge in [0.2, 0.25) is 0 Å². The minimum atomic E-state index is -0.361. The molecule has 0 bridgehead atoms. The summed E-state index contributed by atoms with van der Waals surface area (Å²) in [4.78, 5) is 31.1. The number of nitrogens with one attached hydrogen (secondary N) is 3. The number of hydrogen-bond donors (Lipinski definition) is 3. The SMILES string of the molecule is O=C(Nc1ccc(C(=O)NCCCN2CCOCC2)cc1)Nc1ccc2nccn2c1. The highest BCUT2D eigenvalue weighted by Gasteiger charge is 2.10. The fourth-order valence-corrected chi connectivity index (χ4v) is 3.42. The number of anilines is 2. The molecular weight excluding hydrogens is 396 g/mol. The van der Waals surface area contributed by atoms with Crippen molar-refractivity contribution in [2.75, 3.05) is 50.0 Å². The van der Waals surface area contributed by atoms with E-state index in [1.807, 2.05) is 16.7 Å². The van der Waals surface area contributed by atoms with Gasteiger partial charge in [0, 0.05) is 49.5 Å². The summed E-state index contributed by atoms with van der Waals surface area (Å²) in [5.74, 6) is -0.119. The Morgan fingerprint density at radius 3 is 2.55 bits per heavy atom. The van der Waals surface area contributed by atoms with Gasteiger partial charge in [-0.05, 0) is 49.4 Å². The molecule has 9 heteroatoms. The number of amides is 3. The molecule has 3 amide bonds. The Bertz CT molecular complexity index is 1030. The first-order valence-corrected chi connectivity index (χ1v) is 10.4. The van der Waals surface area contributed by atoms with Gasteiger partial charge < -0.3 is 25.1 Å². The van der Waals surface area contributed by atoms with Crippen LogP contribution in [0.4, 0.5) is 16.2 Å². The zero-order valence-electron chi connectivity index (χ0n) is 17.2. The van der Waals surface area contributed by atoms with E-state index in [2.05, 4.69) is 25.8 Å². The zero-order valence-corrected chi connectivity index (χ0v) is 17.2. The van der Waals surface area contributed by atoms with Crippen LogP contribution in [-0.2, 0) is 4.74 Å². The summed E-state index contributed by atoms with van der Waals surface area (Å²) in [6.45, 7) is 5.05. The molecule has 0 atom stereocenters. The summed E-state index contributed by atoms with van der Waals surface area (Å²) in [7, 11) is 0. The highest BCUT2D eigenvalue weighted by atomic mass is 16.5. The van der Waals surface area contributed by atoms with Crippen LogP contribution in [0.2, 0.25) is 0 Å². The normalized spacial score (nSPS) is 14.3. The first kappa shape index (κ1) is 20.8. The lowest BCUT2D eigenvalue weighted by atomic mass is 10.2. The van der Waals surface area contributed by atoms with Gasteiger partial charge in [0.25, 0.3) is 5.91 Å². The maximum absolute atomic E-state index is 12.3. The largest absolute Gasteiger partial charge is 0.379 e. The molecule has 2 aromatic heterocycles. The summed E-state index contributed by atoms with van der Waals surface area (Å²) in [6, 6.07) is 10.1. The number of benzene rings is 1. The van der Waals surface area contributed by atoms with Crippen molar-refractivity contribution < 1.29 is 14.3 Å². The monoisotopic (exact) mass is 422 g/mol. The maximum atomic E-state index is 12.3. The van der Waals surface area contributed by atoms with E-state index >= 15 is 0 Å². The van der Waals surface area contributed by atoms with Crippen molar-refractivity contribution in [3.63, 3.8) is 0 Å². The van der Waals surface area contributed by atoms with Crippen LogP contribution in [0.3, 0.4) is 0 Å². The predicted molar refractivity (Wildman–Crippen MR) is 118 cm³/mol. The van der Waals surface area contributed by atoms with Crippen LogP contribution in [0, 0.1) is 0 Å². The smallest absolute Gasteiger partial charge is 0.323 e. The van der Waals surface area contributed by atoms with E-state index in [1.165, 1.54) is 0 Å². The highest BCUT2D eigenvalue weighted by Crippen LogP contribution is 2.13. The molecule has 1 aliphatic heterocycles. The van der Waals surface area contributed by atoms with E-state index in [1.54, 1.807) is 42.7 Å². The number of aromatic nitrogens is 2. The second kappa shape index (κ2) is 10.1. The minimum Gasteiger partial charge on any atom is -0.379 e. The Labute approximate surface area is 180 Å². The van der Waals surface area contributed by atoms with Crippen molar-refractivity contribution >= 4 is 29.0 Å². The standard InChI is InChI=1S/C22H26N6O3/c29-21(24-8-1-10-27-12-14-31-15-13-27)17-2-4-18(5-3-17)25-22(30)26-19-6-7-20-23-9-11-28(20)16-19/h2-7,9,11,16H,1,8,10,12-15H2,(H,24,29)(H2,25,26,30). The number of carbonyl (C=O) groups excluding carboxylic acids is 2. The number of rotatable bonds is 7. The van der Waals surface area contributed by atoms with Crippen LogP contribution >= 0.6 is 0 Å². The molecule has 1 fully saturated rings. The third-order valence-corrected chi connectivity index (χ3v) is 5.09. The Kier molecular flexibility index (Phi) is 6.75. The number of urea groups is 1. The molecule has 31 heavy (non-hydrogen) atoms. The lowest BCUT2D eigenvalue weighted by Gasteiger charge is -2.26. The molecule has 0 saturated carbocycles. The van der Waals surface area contributed by atoms with Crippen LogP contribution in [0.5, 0.6) is 0 Å². The van der Waals surface area contributed by atoms with E-state index in [0.29, 0.717) is 23.5 Å². The van der Waals surface area contributed by atoms with Crippen molar-refractivity contribution in [2.24, 2.45) is 0 Å². The molecule has 1 saturated heterocycles. The number of hydrogen-bond acceptors (Lipinski definition) is 5. The maximum Gasteiger partial charge on any atom is 0.323 e. The Hall–Kier alpha value is -3.43. The van der Waals surface area contributed by atoms with Crippen LogP contribution in [0.15, 0.2) is 55.0 Å². The molecule has 3 aromatic rings. The average Bonchev–Trinajstić information content (AvgIpc) is 3.25. The summed E-state index contributed by atoms with van der Waals surface area (Å²) >= 11 is 0. The molecule has 162 valence electrons. The van der Waals surface area contributed by atoms with Crippen LogP contribution in [-0.4, -0.2) is 65.6 Å². The number of nitrogens with zero attached hydrogens (tertiary/aromatic N) is 3. The van der Waals surface area contributed by atoms with Gasteiger partial charge in [-0.3, -0.25) is 9.69 Å². The summed E-state index contributed by atoms with van der Waals surface area (Å²) in [6.07, 6.45) is 6.19. The van der Waals surface area contributed by atoms with E-state index in [-0.39, 0.29) is 11.9 Å². The first-order valence-electron chi connectivity index (χ1n) is 10.4. The molecular formula is C22H26N6O3. The number of imidazole rings is 1. The Morgan fingerprint density at radius 1 is 1.00 bits per heavy atom. The van der Waals surface area contributed by atoms with Crippen molar-refractivity contribution in [3.8, 4) is 0 Å². The predicted octanol–water partition coefficient (Wildman–Crippen LogP) is 2.43. The second-order valence-corrected chi connectivity index (χ2v) is 7.33. The van der Waals surface area contributed by atoms with Gasteiger partial charge in [0.15, 0.2) is 0 Å².